The first-order valence-electron chi connectivity index (χ1n) is 2.77. The summed E-state index contributed by atoms with van der Waals surface area (Å²) in [5.74, 6) is 0.0762. The summed E-state index contributed by atoms with van der Waals surface area (Å²) in [5, 5.41) is 9.27. The van der Waals surface area contributed by atoms with E-state index in [4.69, 9.17) is 22.4 Å². The van der Waals surface area contributed by atoms with Crippen LogP contribution in [0.5, 0.6) is 5.75 Å². The van der Waals surface area contributed by atoms with E-state index in [1.807, 2.05) is 0 Å². The molecule has 0 heterocycles. The second-order valence-corrected chi connectivity index (χ2v) is 2.28. The molecule has 1 radical (unpaired) electrons. The van der Waals surface area contributed by atoms with Gasteiger partial charge in [0.1, 0.15) is 5.75 Å². The van der Waals surface area contributed by atoms with Crippen LogP contribution in [0.1, 0.15) is 5.56 Å². The second-order valence-electron chi connectivity index (χ2n) is 1.88. The van der Waals surface area contributed by atoms with Crippen LogP contribution in [0.15, 0.2) is 18.2 Å². The van der Waals surface area contributed by atoms with Crippen LogP contribution in [-0.2, 0) is 0 Å². The van der Waals surface area contributed by atoms with Gasteiger partial charge in [-0.1, -0.05) is 17.7 Å². The van der Waals surface area contributed by atoms with Crippen molar-refractivity contribution in [2.75, 3.05) is 0 Å². The Labute approximate surface area is 64.2 Å². The maximum atomic E-state index is 8.95. The van der Waals surface area contributed by atoms with E-state index in [0.717, 1.165) is 5.56 Å². The van der Waals surface area contributed by atoms with Crippen LogP contribution in [0.4, 0.5) is 0 Å². The zero-order chi connectivity index (χ0) is 7.56. The molecule has 1 rings (SSSR count). The van der Waals surface area contributed by atoms with E-state index in [9.17, 15) is 0 Å². The number of aromatic hydroxyl groups is 1. The van der Waals surface area contributed by atoms with Crippen molar-refractivity contribution < 1.29 is 5.11 Å². The molecule has 1 aromatic carbocycles. The number of nitrogens with two attached hydrogens (primary N) is 1. The maximum Gasteiger partial charge on any atom is 0.134 e. The number of hydrogen-bond donors (Lipinski definition) is 2. The molecule has 0 atom stereocenters. The highest BCUT2D eigenvalue weighted by molar-refractivity contribution is 6.32. The zero-order valence-electron chi connectivity index (χ0n) is 5.21. The molecule has 0 saturated carbocycles. The lowest BCUT2D eigenvalue weighted by Gasteiger charge is -1.97. The summed E-state index contributed by atoms with van der Waals surface area (Å²) in [6.45, 7) is 1.42. The monoisotopic (exact) mass is 156 g/mol. The predicted molar refractivity (Wildman–Crippen MR) is 40.7 cm³/mol. The number of halogens is 1. The Morgan fingerprint density at radius 1 is 1.50 bits per heavy atom. The van der Waals surface area contributed by atoms with Crippen molar-refractivity contribution in [3.63, 3.8) is 0 Å². The third kappa shape index (κ3) is 1.40. The molecule has 0 bridgehead atoms. The highest BCUT2D eigenvalue weighted by atomic mass is 35.5. The molecule has 0 unspecified atom stereocenters. The Balaban J connectivity index is 3.04. The van der Waals surface area contributed by atoms with Crippen LogP contribution in [0.3, 0.4) is 0 Å². The topological polar surface area (TPSA) is 46.2 Å². The summed E-state index contributed by atoms with van der Waals surface area (Å²) in [6, 6.07) is 4.78. The molecule has 0 spiro atoms. The Bertz CT molecular complexity index is 237. The molecule has 53 valence electrons. The molecule has 0 aliphatic heterocycles. The van der Waals surface area contributed by atoms with Gasteiger partial charge in [-0.15, -0.1) is 0 Å². The van der Waals surface area contributed by atoms with Crippen LogP contribution in [0, 0.1) is 6.54 Å². The number of phenolic OH excluding ortho intramolecular Hbond substituents is 1. The summed E-state index contributed by atoms with van der Waals surface area (Å²) in [5.41, 5.74) is 6.00. The van der Waals surface area contributed by atoms with E-state index in [1.165, 1.54) is 12.6 Å². The summed E-state index contributed by atoms with van der Waals surface area (Å²) in [6.07, 6.45) is 0. The minimum atomic E-state index is 0.0762. The third-order valence-electron chi connectivity index (χ3n) is 1.16. The highest BCUT2D eigenvalue weighted by Gasteiger charge is 1.97. The van der Waals surface area contributed by atoms with Crippen molar-refractivity contribution in [1.82, 2.24) is 0 Å². The molecule has 3 N–H and O–H groups in total. The standard InChI is InChI=1S/C7H7ClNO/c8-6-3-5(4-9)1-2-7(6)10/h1-4,10H,9H2. The van der Waals surface area contributed by atoms with Gasteiger partial charge in [0.05, 0.1) is 5.02 Å². The fourth-order valence-electron chi connectivity index (χ4n) is 0.627. The van der Waals surface area contributed by atoms with Gasteiger partial charge in [-0.05, 0) is 17.7 Å². The van der Waals surface area contributed by atoms with Crippen LogP contribution in [0.2, 0.25) is 5.02 Å². The van der Waals surface area contributed by atoms with Gasteiger partial charge in [0, 0.05) is 6.54 Å². The lowest BCUT2D eigenvalue weighted by molar-refractivity contribution is 0.475. The molecule has 2 nitrogen and oxygen atoms in total. The van der Waals surface area contributed by atoms with E-state index in [1.54, 1.807) is 12.1 Å². The largest absolute Gasteiger partial charge is 0.506 e. The zero-order valence-corrected chi connectivity index (χ0v) is 5.97. The Hall–Kier alpha value is -0.730. The second kappa shape index (κ2) is 2.90. The molecular weight excluding hydrogens is 150 g/mol. The summed E-state index contributed by atoms with van der Waals surface area (Å²) < 4.78 is 0. The summed E-state index contributed by atoms with van der Waals surface area (Å²) in [7, 11) is 0. The van der Waals surface area contributed by atoms with E-state index >= 15 is 0 Å². The van der Waals surface area contributed by atoms with Gasteiger partial charge < -0.3 is 10.8 Å². The highest BCUT2D eigenvalue weighted by Crippen LogP contribution is 2.23. The molecule has 3 heteroatoms. The van der Waals surface area contributed by atoms with Crippen molar-refractivity contribution in [1.29, 1.82) is 0 Å². The number of phenols is 1. The van der Waals surface area contributed by atoms with Crippen LogP contribution in [0.25, 0.3) is 0 Å². The van der Waals surface area contributed by atoms with Gasteiger partial charge in [0.2, 0.25) is 0 Å². The third-order valence-corrected chi connectivity index (χ3v) is 1.47. The average molecular weight is 157 g/mol. The normalized spacial score (nSPS) is 9.80. The molecule has 0 aliphatic rings. The maximum absolute atomic E-state index is 8.95. The molecule has 0 amide bonds. The Kier molecular flexibility index (Phi) is 2.14. The lowest BCUT2D eigenvalue weighted by atomic mass is 10.2. The van der Waals surface area contributed by atoms with E-state index < -0.39 is 0 Å². The van der Waals surface area contributed by atoms with Crippen LogP contribution < -0.4 is 5.73 Å². The van der Waals surface area contributed by atoms with Crippen molar-refractivity contribution >= 4 is 11.6 Å². The predicted octanol–water partition coefficient (Wildman–Crippen LogP) is 1.51. The van der Waals surface area contributed by atoms with E-state index in [2.05, 4.69) is 0 Å². The minimum absolute atomic E-state index is 0.0762. The Morgan fingerprint density at radius 2 is 2.20 bits per heavy atom. The average Bonchev–Trinajstić information content (AvgIpc) is 1.95. The van der Waals surface area contributed by atoms with Crippen LogP contribution in [-0.4, -0.2) is 5.11 Å². The molecule has 0 aromatic heterocycles. The molecule has 0 aliphatic carbocycles. The first kappa shape index (κ1) is 7.38. The van der Waals surface area contributed by atoms with Crippen LogP contribution >= 0.6 is 11.6 Å². The number of rotatable bonds is 1. The molecule has 0 saturated heterocycles. The van der Waals surface area contributed by atoms with E-state index in [-0.39, 0.29) is 5.75 Å². The minimum Gasteiger partial charge on any atom is -0.506 e. The fourth-order valence-corrected chi connectivity index (χ4v) is 0.816. The molecule has 0 fully saturated rings. The first-order chi connectivity index (χ1) is 4.74. The van der Waals surface area contributed by atoms with E-state index in [0.29, 0.717) is 5.02 Å². The smallest absolute Gasteiger partial charge is 0.134 e. The fraction of sp³-hybridized carbons (Fsp3) is 0. The van der Waals surface area contributed by atoms with Gasteiger partial charge >= 0.3 is 0 Å². The van der Waals surface area contributed by atoms with Crippen molar-refractivity contribution in [3.05, 3.63) is 35.3 Å². The number of hydrogen-bond acceptors (Lipinski definition) is 2. The van der Waals surface area contributed by atoms with Gasteiger partial charge in [0.25, 0.3) is 0 Å². The summed E-state index contributed by atoms with van der Waals surface area (Å²) >= 11 is 5.57. The molecular formula is C7H7ClNO. The lowest BCUT2D eigenvalue weighted by Crippen LogP contribution is -1.91. The van der Waals surface area contributed by atoms with Gasteiger partial charge in [-0.2, -0.15) is 0 Å². The SMILES string of the molecule is N[CH]c1ccc(O)c(Cl)c1. The molecule has 1 aromatic rings. The van der Waals surface area contributed by atoms with Gasteiger partial charge in [0.15, 0.2) is 0 Å². The first-order valence-corrected chi connectivity index (χ1v) is 3.15. The van der Waals surface area contributed by atoms with Crippen molar-refractivity contribution in [2.24, 2.45) is 5.73 Å². The van der Waals surface area contributed by atoms with Crippen molar-refractivity contribution in [3.8, 4) is 5.75 Å². The Morgan fingerprint density at radius 3 is 2.70 bits per heavy atom. The number of benzene rings is 1. The van der Waals surface area contributed by atoms with Gasteiger partial charge in [-0.25, -0.2) is 0 Å². The quantitative estimate of drug-likeness (QED) is 0.648. The molecule has 10 heavy (non-hydrogen) atoms. The van der Waals surface area contributed by atoms with Gasteiger partial charge in [-0.3, -0.25) is 0 Å². The van der Waals surface area contributed by atoms with Crippen molar-refractivity contribution in [2.45, 2.75) is 0 Å². The summed E-state index contributed by atoms with van der Waals surface area (Å²) in [4.78, 5) is 0.